The molecule has 0 spiro atoms. The average Bonchev–Trinajstić information content (AvgIpc) is 3.30. The van der Waals surface area contributed by atoms with E-state index >= 15 is 0 Å². The van der Waals surface area contributed by atoms with Crippen molar-refractivity contribution in [2.45, 2.75) is 6.92 Å². The topological polar surface area (TPSA) is 73.9 Å². The van der Waals surface area contributed by atoms with Crippen molar-refractivity contribution in [1.29, 1.82) is 0 Å². The lowest BCUT2D eigenvalue weighted by Crippen LogP contribution is -2.16. The zero-order valence-corrected chi connectivity index (χ0v) is 17.0. The highest BCUT2D eigenvalue weighted by Gasteiger charge is 2.14. The highest BCUT2D eigenvalue weighted by Crippen LogP contribution is 2.27. The number of nitrogens with one attached hydrogen (secondary N) is 2. The van der Waals surface area contributed by atoms with Crippen molar-refractivity contribution in [2.75, 3.05) is 23.8 Å². The Balaban J connectivity index is 1.57. The summed E-state index contributed by atoms with van der Waals surface area (Å²) in [5.41, 5.74) is 4.06. The molecule has 4 aromatic rings. The van der Waals surface area contributed by atoms with Gasteiger partial charge in [0.2, 0.25) is 0 Å². The van der Waals surface area contributed by atoms with Crippen LogP contribution in [0.4, 0.5) is 11.4 Å². The average molecular weight is 397 g/mol. The van der Waals surface area contributed by atoms with Gasteiger partial charge in [-0.3, -0.25) is 9.89 Å². The summed E-state index contributed by atoms with van der Waals surface area (Å²) in [5.74, 6) is 1.04. The second kappa shape index (κ2) is 8.61. The third-order valence-corrected chi connectivity index (χ3v) is 4.99. The maximum Gasteiger partial charge on any atom is 0.255 e. The van der Waals surface area contributed by atoms with E-state index in [9.17, 15) is 4.79 Å². The molecular formula is C24H23N5O. The fourth-order valence-electron chi connectivity index (χ4n) is 3.14. The summed E-state index contributed by atoms with van der Waals surface area (Å²) < 4.78 is 0. The van der Waals surface area contributed by atoms with Crippen molar-refractivity contribution >= 4 is 17.3 Å². The van der Waals surface area contributed by atoms with E-state index < -0.39 is 0 Å². The number of hydrogen-bond acceptors (Lipinski definition) is 4. The summed E-state index contributed by atoms with van der Waals surface area (Å²) in [6.45, 7) is 2.99. The zero-order chi connectivity index (χ0) is 20.9. The molecule has 0 bridgehead atoms. The van der Waals surface area contributed by atoms with Crippen LogP contribution in [0, 0.1) is 0 Å². The van der Waals surface area contributed by atoms with Gasteiger partial charge in [-0.2, -0.15) is 5.10 Å². The Morgan fingerprint density at radius 3 is 2.40 bits per heavy atom. The van der Waals surface area contributed by atoms with Crippen LogP contribution in [0.1, 0.15) is 17.3 Å². The number of hydrogen-bond donors (Lipinski definition) is 2. The number of benzene rings is 3. The fourth-order valence-corrected chi connectivity index (χ4v) is 3.14. The van der Waals surface area contributed by atoms with Crippen molar-refractivity contribution in [3.63, 3.8) is 0 Å². The minimum absolute atomic E-state index is 0.170. The molecule has 0 aliphatic rings. The van der Waals surface area contributed by atoms with Crippen LogP contribution in [0.25, 0.3) is 22.8 Å². The molecule has 4 rings (SSSR count). The Hall–Kier alpha value is -3.93. The lowest BCUT2D eigenvalue weighted by molar-refractivity contribution is 0.102. The smallest absolute Gasteiger partial charge is 0.255 e. The van der Waals surface area contributed by atoms with Gasteiger partial charge in [-0.05, 0) is 43.3 Å². The zero-order valence-electron chi connectivity index (χ0n) is 17.0. The van der Waals surface area contributed by atoms with Crippen molar-refractivity contribution in [2.24, 2.45) is 0 Å². The normalized spacial score (nSPS) is 10.6. The molecule has 3 aromatic carbocycles. The van der Waals surface area contributed by atoms with Crippen LogP contribution in [-0.2, 0) is 0 Å². The molecule has 2 N–H and O–H groups in total. The number of anilines is 2. The molecule has 0 radical (unpaired) electrons. The molecule has 6 nitrogen and oxygen atoms in total. The summed E-state index contributed by atoms with van der Waals surface area (Å²) in [6, 6.07) is 24.9. The van der Waals surface area contributed by atoms with Crippen LogP contribution in [0.3, 0.4) is 0 Å². The first-order chi connectivity index (χ1) is 14.7. The highest BCUT2D eigenvalue weighted by atomic mass is 16.1. The molecule has 0 aliphatic carbocycles. The summed E-state index contributed by atoms with van der Waals surface area (Å²) in [7, 11) is 2.02. The number of rotatable bonds is 6. The first-order valence-corrected chi connectivity index (χ1v) is 9.85. The van der Waals surface area contributed by atoms with E-state index in [2.05, 4.69) is 32.3 Å². The van der Waals surface area contributed by atoms with E-state index in [-0.39, 0.29) is 5.91 Å². The van der Waals surface area contributed by atoms with Gasteiger partial charge in [-0.15, -0.1) is 0 Å². The summed E-state index contributed by atoms with van der Waals surface area (Å²) in [4.78, 5) is 19.5. The number of aromatic nitrogens is 3. The number of carbonyl (C=O) groups excluding carboxylic acids is 1. The molecule has 6 heteroatoms. The quantitative estimate of drug-likeness (QED) is 0.488. The molecule has 30 heavy (non-hydrogen) atoms. The van der Waals surface area contributed by atoms with Gasteiger partial charge in [0.25, 0.3) is 5.91 Å². The van der Waals surface area contributed by atoms with Crippen LogP contribution >= 0.6 is 0 Å². The van der Waals surface area contributed by atoms with Gasteiger partial charge in [-0.1, -0.05) is 42.5 Å². The van der Waals surface area contributed by atoms with E-state index in [1.807, 2.05) is 85.9 Å². The van der Waals surface area contributed by atoms with Crippen LogP contribution in [0.15, 0.2) is 78.9 Å². The molecule has 1 amide bonds. The maximum atomic E-state index is 12.8. The summed E-state index contributed by atoms with van der Waals surface area (Å²) >= 11 is 0. The molecule has 1 heterocycles. The molecule has 0 aliphatic heterocycles. The highest BCUT2D eigenvalue weighted by molar-refractivity contribution is 6.06. The Morgan fingerprint density at radius 2 is 1.67 bits per heavy atom. The van der Waals surface area contributed by atoms with E-state index in [0.29, 0.717) is 22.9 Å². The molecule has 0 saturated heterocycles. The summed E-state index contributed by atoms with van der Waals surface area (Å²) in [5, 5.41) is 10.3. The monoisotopic (exact) mass is 397 g/mol. The van der Waals surface area contributed by atoms with E-state index in [0.717, 1.165) is 23.4 Å². The lowest BCUT2D eigenvalue weighted by atomic mass is 10.1. The molecular weight excluding hydrogens is 374 g/mol. The number of H-pyrrole nitrogens is 1. The van der Waals surface area contributed by atoms with Crippen molar-refractivity contribution in [3.05, 3.63) is 84.4 Å². The van der Waals surface area contributed by atoms with Crippen molar-refractivity contribution in [3.8, 4) is 22.8 Å². The van der Waals surface area contributed by atoms with Gasteiger partial charge in [-0.25, -0.2) is 4.98 Å². The first kappa shape index (κ1) is 19.4. The van der Waals surface area contributed by atoms with Gasteiger partial charge < -0.3 is 10.2 Å². The molecule has 1 aromatic heterocycles. The predicted molar refractivity (Wildman–Crippen MR) is 121 cm³/mol. The third-order valence-electron chi connectivity index (χ3n) is 4.99. The predicted octanol–water partition coefficient (Wildman–Crippen LogP) is 4.85. The van der Waals surface area contributed by atoms with Gasteiger partial charge in [0, 0.05) is 36.0 Å². The van der Waals surface area contributed by atoms with E-state index in [1.54, 1.807) is 0 Å². The van der Waals surface area contributed by atoms with Crippen LogP contribution in [0.5, 0.6) is 0 Å². The minimum atomic E-state index is -0.170. The molecule has 150 valence electrons. The molecule has 0 unspecified atom stereocenters. The Kier molecular flexibility index (Phi) is 5.57. The number of nitrogens with zero attached hydrogens (tertiary/aromatic N) is 3. The maximum absolute atomic E-state index is 12.8. The minimum Gasteiger partial charge on any atom is -0.375 e. The molecule has 0 saturated carbocycles. The van der Waals surface area contributed by atoms with E-state index in [1.165, 1.54) is 0 Å². The largest absolute Gasteiger partial charge is 0.375 e. The van der Waals surface area contributed by atoms with Crippen LogP contribution in [-0.4, -0.2) is 34.7 Å². The molecule has 0 atom stereocenters. The number of carbonyl (C=O) groups is 1. The first-order valence-electron chi connectivity index (χ1n) is 9.85. The Bertz CT molecular complexity index is 1140. The van der Waals surface area contributed by atoms with Gasteiger partial charge in [0.15, 0.2) is 11.6 Å². The third kappa shape index (κ3) is 4.07. The second-order valence-corrected chi connectivity index (χ2v) is 6.93. The van der Waals surface area contributed by atoms with Crippen LogP contribution in [0.2, 0.25) is 0 Å². The standard InChI is InChI=1S/C24H23N5O/c1-3-29(2)19-15-13-18(14-16-19)24(30)25-21-12-8-7-11-20(21)23-26-22(27-28-23)17-9-5-4-6-10-17/h4-16H,3H2,1-2H3,(H,25,30)(H,26,27,28). The number of aromatic amines is 1. The van der Waals surface area contributed by atoms with Crippen LogP contribution < -0.4 is 10.2 Å². The van der Waals surface area contributed by atoms with Crippen molar-refractivity contribution < 1.29 is 4.79 Å². The SMILES string of the molecule is CCN(C)c1ccc(C(=O)Nc2ccccc2-c2nc(-c3ccccc3)n[nH]2)cc1. The Labute approximate surface area is 175 Å². The second-order valence-electron chi connectivity index (χ2n) is 6.93. The van der Waals surface area contributed by atoms with Crippen molar-refractivity contribution in [1.82, 2.24) is 15.2 Å². The fraction of sp³-hybridized carbons (Fsp3) is 0.125. The molecule has 0 fully saturated rings. The lowest BCUT2D eigenvalue weighted by Gasteiger charge is -2.17. The Morgan fingerprint density at radius 1 is 0.967 bits per heavy atom. The van der Waals surface area contributed by atoms with Gasteiger partial charge in [0.05, 0.1) is 5.69 Å². The van der Waals surface area contributed by atoms with Gasteiger partial charge >= 0.3 is 0 Å². The van der Waals surface area contributed by atoms with E-state index in [4.69, 9.17) is 0 Å². The summed E-state index contributed by atoms with van der Waals surface area (Å²) in [6.07, 6.45) is 0. The van der Waals surface area contributed by atoms with Gasteiger partial charge in [0.1, 0.15) is 0 Å². The number of para-hydroxylation sites is 1. The number of amides is 1.